The van der Waals surface area contributed by atoms with Crippen LogP contribution in [0.4, 0.5) is 5.69 Å². The van der Waals surface area contributed by atoms with Gasteiger partial charge in [0, 0.05) is 41.9 Å². The van der Waals surface area contributed by atoms with Crippen LogP contribution in [-0.4, -0.2) is 16.1 Å². The van der Waals surface area contributed by atoms with Crippen molar-refractivity contribution in [2.24, 2.45) is 0 Å². The van der Waals surface area contributed by atoms with E-state index in [9.17, 15) is 5.26 Å². The maximum absolute atomic E-state index is 9.26. The number of imidazole rings is 1. The van der Waals surface area contributed by atoms with Gasteiger partial charge in [0.1, 0.15) is 5.82 Å². The molecule has 1 aliphatic heterocycles. The van der Waals surface area contributed by atoms with E-state index >= 15 is 0 Å². The van der Waals surface area contributed by atoms with E-state index in [1.807, 2.05) is 36.7 Å². The van der Waals surface area contributed by atoms with Crippen molar-refractivity contribution in [2.75, 3.05) is 11.4 Å². The summed E-state index contributed by atoms with van der Waals surface area (Å²) in [6.07, 6.45) is 3.89. The minimum atomic E-state index is 0.729. The normalized spacial score (nSPS) is 14.0. The highest BCUT2D eigenvalue weighted by Crippen LogP contribution is 2.31. The molecule has 1 aromatic heterocycles. The Kier molecular flexibility index (Phi) is 2.65. The van der Waals surface area contributed by atoms with Crippen LogP contribution in [0.5, 0.6) is 0 Å². The van der Waals surface area contributed by atoms with Gasteiger partial charge >= 0.3 is 0 Å². The number of hydrogen-bond acceptors (Lipinski definition) is 3. The highest BCUT2D eigenvalue weighted by molar-refractivity contribution is 5.97. The van der Waals surface area contributed by atoms with E-state index in [-0.39, 0.29) is 0 Å². The van der Waals surface area contributed by atoms with Crippen molar-refractivity contribution in [1.82, 2.24) is 9.55 Å². The third kappa shape index (κ3) is 1.86. The molecule has 0 spiro atoms. The number of rotatable bonds is 1. The second kappa shape index (κ2) is 4.64. The van der Waals surface area contributed by atoms with Crippen molar-refractivity contribution < 1.29 is 0 Å². The first kappa shape index (κ1) is 12.0. The van der Waals surface area contributed by atoms with Crippen molar-refractivity contribution in [1.29, 1.82) is 5.26 Å². The van der Waals surface area contributed by atoms with Crippen molar-refractivity contribution in [3.05, 3.63) is 60.2 Å². The molecule has 0 amide bonds. The Labute approximate surface area is 122 Å². The SMILES string of the molecule is N#Cc1ccc(N2CCn3ccnc3C2)c2ccccc12. The smallest absolute Gasteiger partial charge is 0.128 e. The molecular weight excluding hydrogens is 260 g/mol. The average molecular weight is 274 g/mol. The summed E-state index contributed by atoms with van der Waals surface area (Å²) in [7, 11) is 0. The number of hydrogen-bond donors (Lipinski definition) is 0. The molecule has 4 heteroatoms. The van der Waals surface area contributed by atoms with Crippen LogP contribution in [0.3, 0.4) is 0 Å². The molecule has 0 fully saturated rings. The summed E-state index contributed by atoms with van der Waals surface area (Å²) in [5.41, 5.74) is 1.91. The summed E-state index contributed by atoms with van der Waals surface area (Å²) in [6, 6.07) is 14.4. The topological polar surface area (TPSA) is 44.9 Å². The second-order valence-electron chi connectivity index (χ2n) is 5.25. The summed E-state index contributed by atoms with van der Waals surface area (Å²) >= 11 is 0. The fraction of sp³-hybridized carbons (Fsp3) is 0.176. The molecule has 0 N–H and O–H groups in total. The van der Waals surface area contributed by atoms with Crippen molar-refractivity contribution >= 4 is 16.5 Å². The molecule has 4 rings (SSSR count). The van der Waals surface area contributed by atoms with Crippen LogP contribution >= 0.6 is 0 Å². The first-order valence-corrected chi connectivity index (χ1v) is 7.03. The van der Waals surface area contributed by atoms with E-state index in [2.05, 4.69) is 32.7 Å². The van der Waals surface area contributed by atoms with E-state index in [1.165, 1.54) is 5.69 Å². The molecule has 2 heterocycles. The maximum Gasteiger partial charge on any atom is 0.128 e. The van der Waals surface area contributed by atoms with E-state index in [1.54, 1.807) is 0 Å². The van der Waals surface area contributed by atoms with Gasteiger partial charge in [-0.05, 0) is 12.1 Å². The van der Waals surface area contributed by atoms with Gasteiger partial charge in [-0.2, -0.15) is 5.26 Å². The highest BCUT2D eigenvalue weighted by atomic mass is 15.2. The molecule has 0 radical (unpaired) electrons. The quantitative estimate of drug-likeness (QED) is 0.685. The lowest BCUT2D eigenvalue weighted by atomic mass is 10.0. The monoisotopic (exact) mass is 274 g/mol. The molecule has 3 aromatic rings. The third-order valence-electron chi connectivity index (χ3n) is 4.11. The van der Waals surface area contributed by atoms with E-state index in [4.69, 9.17) is 0 Å². The zero-order valence-electron chi connectivity index (χ0n) is 11.5. The fourth-order valence-electron chi connectivity index (χ4n) is 3.04. The van der Waals surface area contributed by atoms with Gasteiger partial charge in [0.2, 0.25) is 0 Å². The summed E-state index contributed by atoms with van der Waals surface area (Å²) in [5, 5.41) is 11.4. The molecule has 4 nitrogen and oxygen atoms in total. The van der Waals surface area contributed by atoms with Gasteiger partial charge in [-0.3, -0.25) is 0 Å². The van der Waals surface area contributed by atoms with Crippen molar-refractivity contribution in [3.8, 4) is 6.07 Å². The van der Waals surface area contributed by atoms with Crippen LogP contribution in [-0.2, 0) is 13.1 Å². The van der Waals surface area contributed by atoms with Gasteiger partial charge in [0.15, 0.2) is 0 Å². The largest absolute Gasteiger partial charge is 0.362 e. The molecule has 0 unspecified atom stereocenters. The number of aromatic nitrogens is 2. The van der Waals surface area contributed by atoms with Gasteiger partial charge in [-0.15, -0.1) is 0 Å². The minimum absolute atomic E-state index is 0.729. The average Bonchev–Trinajstić information content (AvgIpc) is 3.01. The zero-order valence-corrected chi connectivity index (χ0v) is 11.5. The Morgan fingerprint density at radius 2 is 1.90 bits per heavy atom. The molecule has 0 aliphatic carbocycles. The zero-order chi connectivity index (χ0) is 14.2. The van der Waals surface area contributed by atoms with Gasteiger partial charge in [0.05, 0.1) is 18.2 Å². The number of nitrogens with zero attached hydrogens (tertiary/aromatic N) is 4. The number of benzene rings is 2. The lowest BCUT2D eigenvalue weighted by molar-refractivity contribution is 0.561. The Morgan fingerprint density at radius 3 is 2.76 bits per heavy atom. The molecule has 102 valence electrons. The highest BCUT2D eigenvalue weighted by Gasteiger charge is 2.19. The van der Waals surface area contributed by atoms with E-state index < -0.39 is 0 Å². The first-order chi connectivity index (χ1) is 10.4. The van der Waals surface area contributed by atoms with Crippen LogP contribution in [0.2, 0.25) is 0 Å². The molecular formula is C17H14N4. The molecule has 0 saturated carbocycles. The number of fused-ring (bicyclic) bond motifs is 2. The number of nitriles is 1. The Balaban J connectivity index is 1.84. The van der Waals surface area contributed by atoms with Gasteiger partial charge < -0.3 is 9.47 Å². The van der Waals surface area contributed by atoms with Crippen LogP contribution < -0.4 is 4.90 Å². The number of anilines is 1. The fourth-order valence-corrected chi connectivity index (χ4v) is 3.04. The molecule has 21 heavy (non-hydrogen) atoms. The lowest BCUT2D eigenvalue weighted by Crippen LogP contribution is -2.33. The Bertz CT molecular complexity index is 857. The Hall–Kier alpha value is -2.80. The molecule has 0 atom stereocenters. The predicted molar refractivity (Wildman–Crippen MR) is 81.9 cm³/mol. The standard InChI is InChI=1S/C17H14N4/c18-11-13-5-6-16(15-4-2-1-3-14(13)15)21-10-9-20-8-7-19-17(20)12-21/h1-8H,9-10,12H2. The molecule has 1 aliphatic rings. The van der Waals surface area contributed by atoms with Gasteiger partial charge in [-0.25, -0.2) is 4.98 Å². The maximum atomic E-state index is 9.26. The van der Waals surface area contributed by atoms with Crippen molar-refractivity contribution in [2.45, 2.75) is 13.1 Å². The van der Waals surface area contributed by atoms with E-state index in [0.29, 0.717) is 0 Å². The van der Waals surface area contributed by atoms with Gasteiger partial charge in [0.25, 0.3) is 0 Å². The van der Waals surface area contributed by atoms with Gasteiger partial charge in [-0.1, -0.05) is 24.3 Å². The van der Waals surface area contributed by atoms with E-state index in [0.717, 1.165) is 41.8 Å². The predicted octanol–water partition coefficient (Wildman–Crippen LogP) is 2.93. The molecule has 0 bridgehead atoms. The first-order valence-electron chi connectivity index (χ1n) is 7.03. The summed E-state index contributed by atoms with van der Waals surface area (Å²) in [4.78, 5) is 6.75. The van der Waals surface area contributed by atoms with Crippen LogP contribution in [0, 0.1) is 11.3 Å². The summed E-state index contributed by atoms with van der Waals surface area (Å²) in [6.45, 7) is 2.71. The lowest BCUT2D eigenvalue weighted by Gasteiger charge is -2.30. The Morgan fingerprint density at radius 1 is 1.05 bits per heavy atom. The van der Waals surface area contributed by atoms with Crippen LogP contribution in [0.15, 0.2) is 48.8 Å². The summed E-state index contributed by atoms with van der Waals surface area (Å²) < 4.78 is 2.20. The molecule has 2 aromatic carbocycles. The third-order valence-corrected chi connectivity index (χ3v) is 4.11. The van der Waals surface area contributed by atoms with Crippen molar-refractivity contribution in [3.63, 3.8) is 0 Å². The van der Waals surface area contributed by atoms with Crippen LogP contribution in [0.1, 0.15) is 11.4 Å². The molecule has 0 saturated heterocycles. The minimum Gasteiger partial charge on any atom is -0.362 e. The van der Waals surface area contributed by atoms with Crippen LogP contribution in [0.25, 0.3) is 10.8 Å². The summed E-state index contributed by atoms with van der Waals surface area (Å²) in [5.74, 6) is 1.09. The second-order valence-corrected chi connectivity index (χ2v) is 5.25.